The number of rotatable bonds is 2. The maximum atomic E-state index is 12.0. The van der Waals surface area contributed by atoms with Gasteiger partial charge in [0.15, 0.2) is 0 Å². The summed E-state index contributed by atoms with van der Waals surface area (Å²) in [5.41, 5.74) is 5.99. The molecule has 2 aromatic heterocycles. The van der Waals surface area contributed by atoms with Crippen LogP contribution in [-0.4, -0.2) is 21.8 Å². The predicted octanol–water partition coefficient (Wildman–Crippen LogP) is 1.47. The van der Waals surface area contributed by atoms with Crippen LogP contribution in [0.2, 0.25) is 0 Å². The molecule has 0 aromatic carbocycles. The van der Waals surface area contributed by atoms with Gasteiger partial charge in [0.2, 0.25) is 5.13 Å². The molecule has 5 nitrogen and oxygen atoms in total. The van der Waals surface area contributed by atoms with Crippen LogP contribution in [0.4, 0.5) is 5.13 Å². The normalized spacial score (nSPS) is 9.67. The van der Waals surface area contributed by atoms with Gasteiger partial charge in [0.05, 0.1) is 6.54 Å². The highest BCUT2D eigenvalue weighted by Gasteiger charge is 2.13. The molecule has 2 aromatic rings. The smallest absolute Gasteiger partial charge is 0.268 e. The summed E-state index contributed by atoms with van der Waals surface area (Å²) in [5.74, 6) is 6.02. The Balaban J connectivity index is 2.16. The lowest BCUT2D eigenvalue weighted by Crippen LogP contribution is -2.11. The van der Waals surface area contributed by atoms with E-state index < -0.39 is 0 Å². The predicted molar refractivity (Wildman–Crippen MR) is 72.9 cm³/mol. The molecule has 18 heavy (non-hydrogen) atoms. The maximum absolute atomic E-state index is 12.0. The second-order valence-corrected chi connectivity index (χ2v) is 4.94. The number of carbonyl (C=O) groups is 1. The number of anilines is 1. The van der Waals surface area contributed by atoms with E-state index in [0.717, 1.165) is 11.5 Å². The summed E-state index contributed by atoms with van der Waals surface area (Å²) in [6.07, 6.45) is 0. The molecule has 0 bridgehead atoms. The first-order chi connectivity index (χ1) is 8.70. The zero-order valence-corrected chi connectivity index (χ0v) is 11.2. The van der Waals surface area contributed by atoms with Crippen LogP contribution in [0.15, 0.2) is 11.4 Å². The zero-order valence-electron chi connectivity index (χ0n) is 9.56. The zero-order chi connectivity index (χ0) is 13.0. The molecule has 0 spiro atoms. The van der Waals surface area contributed by atoms with Crippen molar-refractivity contribution < 1.29 is 4.79 Å². The van der Waals surface area contributed by atoms with Crippen LogP contribution in [0.25, 0.3) is 0 Å². The Hall–Kier alpha value is -1.75. The van der Waals surface area contributed by atoms with Crippen LogP contribution in [0.1, 0.15) is 21.1 Å². The minimum absolute atomic E-state index is 0.220. The number of hydrogen-bond donors (Lipinski definition) is 2. The topological polar surface area (TPSA) is 80.9 Å². The second-order valence-electron chi connectivity index (χ2n) is 3.27. The van der Waals surface area contributed by atoms with E-state index in [1.165, 1.54) is 11.3 Å². The molecular formula is C11H10N4OS2. The lowest BCUT2D eigenvalue weighted by atomic mass is 10.2. The molecule has 2 rings (SSSR count). The van der Waals surface area contributed by atoms with E-state index >= 15 is 0 Å². The van der Waals surface area contributed by atoms with E-state index in [2.05, 4.69) is 26.5 Å². The Kier molecular flexibility index (Phi) is 4.04. The van der Waals surface area contributed by atoms with Crippen molar-refractivity contribution >= 4 is 33.9 Å². The van der Waals surface area contributed by atoms with Gasteiger partial charge in [-0.2, -0.15) is 4.37 Å². The largest absolute Gasteiger partial charge is 0.320 e. The first-order valence-electron chi connectivity index (χ1n) is 5.09. The molecule has 0 saturated carbocycles. The van der Waals surface area contributed by atoms with E-state index in [1.54, 1.807) is 13.0 Å². The van der Waals surface area contributed by atoms with Crippen molar-refractivity contribution in [1.29, 1.82) is 0 Å². The number of nitrogens with zero attached hydrogens (tertiary/aromatic N) is 2. The van der Waals surface area contributed by atoms with Gasteiger partial charge in [-0.3, -0.25) is 10.1 Å². The fourth-order valence-corrected chi connectivity index (χ4v) is 2.55. The minimum Gasteiger partial charge on any atom is -0.320 e. The molecule has 0 unspecified atom stereocenters. The van der Waals surface area contributed by atoms with E-state index in [4.69, 9.17) is 5.73 Å². The molecule has 0 fully saturated rings. The van der Waals surface area contributed by atoms with Crippen LogP contribution >= 0.6 is 22.9 Å². The van der Waals surface area contributed by atoms with Crippen molar-refractivity contribution in [3.8, 4) is 11.8 Å². The van der Waals surface area contributed by atoms with E-state index in [1.807, 2.05) is 5.38 Å². The second kappa shape index (κ2) is 5.73. The van der Waals surface area contributed by atoms with Crippen LogP contribution in [0.3, 0.4) is 0 Å². The Morgan fingerprint density at radius 3 is 3.11 bits per heavy atom. The van der Waals surface area contributed by atoms with Gasteiger partial charge in [-0.1, -0.05) is 11.8 Å². The quantitative estimate of drug-likeness (QED) is 0.815. The summed E-state index contributed by atoms with van der Waals surface area (Å²) in [4.78, 5) is 16.6. The van der Waals surface area contributed by atoms with E-state index in [0.29, 0.717) is 21.4 Å². The standard InChI is InChI=1S/C11H10N4OS2/c1-7-13-11(18-15-7)14-10(16)9-8(3-2-5-12)4-6-17-9/h4,6H,5,12H2,1H3,(H,13,14,15,16). The summed E-state index contributed by atoms with van der Waals surface area (Å²) in [6, 6.07) is 1.80. The average Bonchev–Trinajstić information content (AvgIpc) is 2.95. The van der Waals surface area contributed by atoms with Gasteiger partial charge in [-0.05, 0) is 18.4 Å². The lowest BCUT2D eigenvalue weighted by molar-refractivity contribution is 0.103. The number of amides is 1. The fourth-order valence-electron chi connectivity index (χ4n) is 1.23. The molecule has 92 valence electrons. The molecule has 0 radical (unpaired) electrons. The molecule has 7 heteroatoms. The summed E-state index contributed by atoms with van der Waals surface area (Å²) >= 11 is 2.49. The van der Waals surface area contributed by atoms with Crippen molar-refractivity contribution in [3.63, 3.8) is 0 Å². The third-order valence-corrected chi connectivity index (χ3v) is 3.58. The van der Waals surface area contributed by atoms with Gasteiger partial charge < -0.3 is 5.73 Å². The molecule has 2 heterocycles. The highest BCUT2D eigenvalue weighted by Crippen LogP contribution is 2.18. The van der Waals surface area contributed by atoms with Gasteiger partial charge in [0.1, 0.15) is 10.7 Å². The molecular weight excluding hydrogens is 268 g/mol. The Bertz CT molecular complexity index is 620. The monoisotopic (exact) mass is 278 g/mol. The Labute approximate surface area is 112 Å². The molecule has 0 atom stereocenters. The molecule has 1 amide bonds. The number of aromatic nitrogens is 2. The maximum Gasteiger partial charge on any atom is 0.268 e. The summed E-state index contributed by atoms with van der Waals surface area (Å²) < 4.78 is 4.00. The first-order valence-corrected chi connectivity index (χ1v) is 6.74. The third-order valence-electron chi connectivity index (χ3n) is 1.94. The highest BCUT2D eigenvalue weighted by atomic mass is 32.1. The van der Waals surface area contributed by atoms with Gasteiger partial charge in [-0.15, -0.1) is 11.3 Å². The SMILES string of the molecule is Cc1nsc(NC(=O)c2sccc2C#CCN)n1. The van der Waals surface area contributed by atoms with Crippen molar-refractivity contribution in [2.24, 2.45) is 5.73 Å². The van der Waals surface area contributed by atoms with Gasteiger partial charge in [0.25, 0.3) is 5.91 Å². The first kappa shape index (κ1) is 12.7. The van der Waals surface area contributed by atoms with E-state index in [9.17, 15) is 4.79 Å². The number of carbonyl (C=O) groups excluding carboxylic acids is 1. The van der Waals surface area contributed by atoms with Crippen LogP contribution in [-0.2, 0) is 0 Å². The number of hydrogen-bond acceptors (Lipinski definition) is 6. The number of nitrogens with two attached hydrogens (primary N) is 1. The lowest BCUT2D eigenvalue weighted by Gasteiger charge is -1.98. The highest BCUT2D eigenvalue weighted by molar-refractivity contribution is 7.13. The van der Waals surface area contributed by atoms with Crippen molar-refractivity contribution in [2.75, 3.05) is 11.9 Å². The average molecular weight is 278 g/mol. The number of nitrogens with one attached hydrogen (secondary N) is 1. The fraction of sp³-hybridized carbons (Fsp3) is 0.182. The van der Waals surface area contributed by atoms with Crippen LogP contribution in [0, 0.1) is 18.8 Å². The Morgan fingerprint density at radius 2 is 2.44 bits per heavy atom. The minimum atomic E-state index is -0.220. The molecule has 0 saturated heterocycles. The molecule has 0 aliphatic heterocycles. The third kappa shape index (κ3) is 2.92. The molecule has 3 N–H and O–H groups in total. The van der Waals surface area contributed by atoms with Gasteiger partial charge >= 0.3 is 0 Å². The van der Waals surface area contributed by atoms with Crippen molar-refractivity contribution in [3.05, 3.63) is 27.7 Å². The summed E-state index contributed by atoms with van der Waals surface area (Å²) in [6.45, 7) is 2.04. The van der Waals surface area contributed by atoms with Crippen LogP contribution in [0.5, 0.6) is 0 Å². The number of thiophene rings is 1. The van der Waals surface area contributed by atoms with Gasteiger partial charge in [-0.25, -0.2) is 4.98 Å². The van der Waals surface area contributed by atoms with Crippen molar-refractivity contribution in [1.82, 2.24) is 9.36 Å². The number of aryl methyl sites for hydroxylation is 1. The summed E-state index contributed by atoms with van der Waals surface area (Å²) in [7, 11) is 0. The van der Waals surface area contributed by atoms with Crippen molar-refractivity contribution in [2.45, 2.75) is 6.92 Å². The van der Waals surface area contributed by atoms with Crippen LogP contribution < -0.4 is 11.1 Å². The van der Waals surface area contributed by atoms with Gasteiger partial charge in [0, 0.05) is 17.1 Å². The summed E-state index contributed by atoms with van der Waals surface area (Å²) in [5, 5.41) is 5.01. The molecule has 0 aliphatic carbocycles. The Morgan fingerprint density at radius 1 is 1.61 bits per heavy atom. The molecule has 0 aliphatic rings. The van der Waals surface area contributed by atoms with E-state index in [-0.39, 0.29) is 12.5 Å².